The van der Waals surface area contributed by atoms with Crippen molar-refractivity contribution < 1.29 is 33.4 Å². The van der Waals surface area contributed by atoms with E-state index >= 15 is 0 Å². The van der Waals surface area contributed by atoms with Crippen molar-refractivity contribution in [3.63, 3.8) is 0 Å². The molecule has 1 aromatic heterocycles. The molecule has 0 saturated heterocycles. The Bertz CT molecular complexity index is 1690. The van der Waals surface area contributed by atoms with Crippen LogP contribution in [0.15, 0.2) is 60.8 Å². The Morgan fingerprint density at radius 1 is 0.729 bits per heavy atom. The largest absolute Gasteiger partial charge is 0.443 e. The van der Waals surface area contributed by atoms with Gasteiger partial charge in [0.1, 0.15) is 16.8 Å². The number of amides is 4. The first-order valence-electron chi connectivity index (χ1n) is 15.8. The number of hydrogen-bond acceptors (Lipinski definition) is 8. The molecule has 1 aliphatic carbocycles. The number of aromatic nitrogens is 1. The number of rotatable bonds is 5. The molecule has 4 rings (SSSR count). The first-order valence-corrected chi connectivity index (χ1v) is 16.2. The van der Waals surface area contributed by atoms with Crippen LogP contribution >= 0.6 is 11.6 Å². The summed E-state index contributed by atoms with van der Waals surface area (Å²) in [4.78, 5) is 60.5. The van der Waals surface area contributed by atoms with Gasteiger partial charge in [-0.3, -0.25) is 4.79 Å². The molecule has 4 amide bonds. The summed E-state index contributed by atoms with van der Waals surface area (Å²) in [7, 11) is 0. The molecule has 0 aliphatic heterocycles. The van der Waals surface area contributed by atoms with Crippen LogP contribution in [0.4, 0.5) is 25.9 Å². The lowest BCUT2D eigenvalue weighted by molar-refractivity contribution is 0.0426. The van der Waals surface area contributed by atoms with Crippen molar-refractivity contribution in [3.8, 4) is 0 Å². The van der Waals surface area contributed by atoms with Crippen molar-refractivity contribution in [2.75, 3.05) is 9.80 Å². The first kappa shape index (κ1) is 36.4. The van der Waals surface area contributed by atoms with Gasteiger partial charge in [0, 0.05) is 17.3 Å². The van der Waals surface area contributed by atoms with E-state index in [-0.39, 0.29) is 17.7 Å². The number of aryl methyl sites for hydroxylation is 1. The summed E-state index contributed by atoms with van der Waals surface area (Å²) in [6, 6.07) is 15.8. The maximum atomic E-state index is 13.8. The fourth-order valence-corrected chi connectivity index (χ4v) is 5.26. The van der Waals surface area contributed by atoms with Gasteiger partial charge in [0.05, 0.1) is 10.7 Å². The van der Waals surface area contributed by atoms with Gasteiger partial charge in [-0.25, -0.2) is 24.3 Å². The van der Waals surface area contributed by atoms with Gasteiger partial charge in [-0.05, 0) is 123 Å². The number of halogens is 1. The average Bonchev–Trinajstić information content (AvgIpc) is 3.72. The molecule has 1 fully saturated rings. The molecule has 48 heavy (non-hydrogen) atoms. The SMILES string of the molecule is Cc1cccc(C(=O)N(C(=O)OC(C)(C)C)c2cccc(C3CC3c3cc(Cl)cnc3N(C(=O)OC(C)(C)C)C(=O)OC(C)(C)C)c2)c1. The van der Waals surface area contributed by atoms with E-state index in [2.05, 4.69) is 4.98 Å². The lowest BCUT2D eigenvalue weighted by Crippen LogP contribution is -2.44. The Balaban J connectivity index is 1.73. The summed E-state index contributed by atoms with van der Waals surface area (Å²) in [5.74, 6) is -0.797. The highest BCUT2D eigenvalue weighted by Crippen LogP contribution is 2.57. The molecule has 0 bridgehead atoms. The smallest absolute Gasteiger partial charge is 0.425 e. The molecule has 3 aromatic rings. The number of carbonyl (C=O) groups excluding carboxylic acids is 4. The molecule has 1 heterocycles. The summed E-state index contributed by atoms with van der Waals surface area (Å²) in [6.07, 6.45) is -0.697. The van der Waals surface area contributed by atoms with Crippen LogP contribution in [0.3, 0.4) is 0 Å². The van der Waals surface area contributed by atoms with Crippen LogP contribution in [0.5, 0.6) is 0 Å². The molecule has 0 N–H and O–H groups in total. The average molecular weight is 678 g/mol. The van der Waals surface area contributed by atoms with Crippen LogP contribution < -0.4 is 9.80 Å². The lowest BCUT2D eigenvalue weighted by Gasteiger charge is -2.29. The highest BCUT2D eigenvalue weighted by molar-refractivity contribution is 6.30. The van der Waals surface area contributed by atoms with E-state index in [1.54, 1.807) is 105 Å². The van der Waals surface area contributed by atoms with Crippen LogP contribution in [0.2, 0.25) is 5.02 Å². The number of benzene rings is 2. The number of anilines is 2. The minimum atomic E-state index is -0.935. The molecule has 1 saturated carbocycles. The molecule has 10 nitrogen and oxygen atoms in total. The maximum Gasteiger partial charge on any atom is 0.425 e. The van der Waals surface area contributed by atoms with Crippen molar-refractivity contribution in [2.45, 2.75) is 104 Å². The third-order valence-electron chi connectivity index (χ3n) is 7.02. The second kappa shape index (κ2) is 13.6. The number of nitrogens with zero attached hydrogens (tertiary/aromatic N) is 3. The van der Waals surface area contributed by atoms with Crippen LogP contribution in [0.1, 0.15) is 108 Å². The van der Waals surface area contributed by atoms with E-state index in [1.165, 1.54) is 6.20 Å². The van der Waals surface area contributed by atoms with E-state index in [1.807, 2.05) is 19.1 Å². The summed E-state index contributed by atoms with van der Waals surface area (Å²) in [5, 5.41) is 0.321. The molecular weight excluding hydrogens is 634 g/mol. The van der Waals surface area contributed by atoms with Gasteiger partial charge in [0.15, 0.2) is 5.82 Å². The molecule has 256 valence electrons. The standard InChI is InChI=1S/C37H44ClN3O7/c1-22-13-11-15-24(17-22)31(42)40(32(43)46-35(2,3)4)26-16-12-14-23(18-26)27-20-28(27)29-19-25(38)21-39-30(29)41(33(44)47-36(5,6)7)34(45)48-37(8,9)10/h11-19,21,27-28H,20H2,1-10H3. The number of carbonyl (C=O) groups is 4. The van der Waals surface area contributed by atoms with Crippen molar-refractivity contribution in [1.29, 1.82) is 0 Å². The zero-order valence-corrected chi connectivity index (χ0v) is 30.0. The highest BCUT2D eigenvalue weighted by atomic mass is 35.5. The molecule has 2 aromatic carbocycles. The molecule has 2 atom stereocenters. The maximum absolute atomic E-state index is 13.8. The normalized spacial score (nSPS) is 16.1. The van der Waals surface area contributed by atoms with Gasteiger partial charge in [0.25, 0.3) is 5.91 Å². The highest BCUT2D eigenvalue weighted by Gasteiger charge is 2.45. The third kappa shape index (κ3) is 9.34. The van der Waals surface area contributed by atoms with Gasteiger partial charge in [0.2, 0.25) is 0 Å². The summed E-state index contributed by atoms with van der Waals surface area (Å²) in [5.41, 5.74) is 0.292. The van der Waals surface area contributed by atoms with Crippen molar-refractivity contribution in [3.05, 3.63) is 88.1 Å². The molecule has 2 unspecified atom stereocenters. The Morgan fingerprint density at radius 2 is 1.27 bits per heavy atom. The van der Waals surface area contributed by atoms with E-state index in [0.717, 1.165) is 20.9 Å². The fraction of sp³-hybridized carbons (Fsp3) is 0.432. The summed E-state index contributed by atoms with van der Waals surface area (Å²) < 4.78 is 16.8. The van der Waals surface area contributed by atoms with Gasteiger partial charge >= 0.3 is 18.3 Å². The van der Waals surface area contributed by atoms with Crippen molar-refractivity contribution >= 4 is 47.3 Å². The van der Waals surface area contributed by atoms with E-state index < -0.39 is 41.0 Å². The molecule has 0 spiro atoms. The summed E-state index contributed by atoms with van der Waals surface area (Å²) >= 11 is 6.41. The predicted molar refractivity (Wildman–Crippen MR) is 185 cm³/mol. The van der Waals surface area contributed by atoms with E-state index in [0.29, 0.717) is 28.3 Å². The fourth-order valence-electron chi connectivity index (χ4n) is 5.09. The Morgan fingerprint density at radius 3 is 1.81 bits per heavy atom. The molecule has 0 radical (unpaired) electrons. The number of hydrogen-bond donors (Lipinski definition) is 0. The van der Waals surface area contributed by atoms with Crippen LogP contribution in [-0.2, 0) is 14.2 Å². The van der Waals surface area contributed by atoms with E-state index in [4.69, 9.17) is 25.8 Å². The Kier molecular flexibility index (Phi) is 10.3. The lowest BCUT2D eigenvalue weighted by atomic mass is 10.0. The van der Waals surface area contributed by atoms with Gasteiger partial charge in [-0.15, -0.1) is 0 Å². The van der Waals surface area contributed by atoms with Gasteiger partial charge in [-0.2, -0.15) is 4.90 Å². The minimum Gasteiger partial charge on any atom is -0.443 e. The quantitative estimate of drug-likeness (QED) is 0.245. The third-order valence-corrected chi connectivity index (χ3v) is 7.22. The minimum absolute atomic E-state index is 0.0524. The second-order valence-corrected chi connectivity index (χ2v) is 15.3. The molecular formula is C37H44ClN3O7. The van der Waals surface area contributed by atoms with Crippen LogP contribution in [0, 0.1) is 6.92 Å². The van der Waals surface area contributed by atoms with Gasteiger partial charge in [-0.1, -0.05) is 41.4 Å². The molecule has 1 aliphatic rings. The van der Waals surface area contributed by atoms with Crippen molar-refractivity contribution in [1.82, 2.24) is 4.98 Å². The summed E-state index contributed by atoms with van der Waals surface area (Å²) in [6.45, 7) is 17.3. The molecule has 11 heteroatoms. The van der Waals surface area contributed by atoms with Gasteiger partial charge < -0.3 is 14.2 Å². The monoisotopic (exact) mass is 677 g/mol. The second-order valence-electron chi connectivity index (χ2n) is 14.9. The van der Waals surface area contributed by atoms with Crippen LogP contribution in [0.25, 0.3) is 0 Å². The van der Waals surface area contributed by atoms with Crippen LogP contribution in [-0.4, -0.2) is 46.0 Å². The topological polar surface area (TPSA) is 115 Å². The van der Waals surface area contributed by atoms with Crippen molar-refractivity contribution in [2.24, 2.45) is 0 Å². The zero-order chi connectivity index (χ0) is 35.8. The number of imide groups is 2. The number of pyridine rings is 1. The predicted octanol–water partition coefficient (Wildman–Crippen LogP) is 9.57. The first-order chi connectivity index (χ1) is 22.1. The number of ether oxygens (including phenoxy) is 3. The van der Waals surface area contributed by atoms with E-state index in [9.17, 15) is 19.2 Å². The Hall–Kier alpha value is -4.44. The Labute approximate surface area is 287 Å². The zero-order valence-electron chi connectivity index (χ0n) is 29.2.